The lowest BCUT2D eigenvalue weighted by molar-refractivity contribution is -0.123. The molecule has 0 bridgehead atoms. The van der Waals surface area contributed by atoms with Gasteiger partial charge in [-0.3, -0.25) is 4.79 Å². The van der Waals surface area contributed by atoms with Gasteiger partial charge < -0.3 is 14.8 Å². The second-order valence-corrected chi connectivity index (χ2v) is 7.88. The fourth-order valence-corrected chi connectivity index (χ4v) is 3.40. The van der Waals surface area contributed by atoms with Gasteiger partial charge in [-0.15, -0.1) is 0 Å². The molecule has 0 aromatic heterocycles. The molecule has 4 nitrogen and oxygen atoms in total. The molecule has 2 aromatic carbocycles. The van der Waals surface area contributed by atoms with Crippen LogP contribution in [0.4, 0.5) is 0 Å². The van der Waals surface area contributed by atoms with E-state index in [1.807, 2.05) is 44.2 Å². The maximum Gasteiger partial charge on any atom is 0.258 e. The van der Waals surface area contributed by atoms with Crippen molar-refractivity contribution in [3.63, 3.8) is 0 Å². The highest BCUT2D eigenvalue weighted by Gasteiger charge is 2.17. The van der Waals surface area contributed by atoms with Crippen molar-refractivity contribution in [2.75, 3.05) is 13.7 Å². The van der Waals surface area contributed by atoms with Crippen molar-refractivity contribution in [2.24, 2.45) is 0 Å². The van der Waals surface area contributed by atoms with Gasteiger partial charge in [0.2, 0.25) is 0 Å². The molecule has 2 rings (SSSR count). The molecule has 1 atom stereocenters. The van der Waals surface area contributed by atoms with E-state index >= 15 is 0 Å². The van der Waals surface area contributed by atoms with Crippen LogP contribution in [-0.2, 0) is 4.79 Å². The number of para-hydroxylation sites is 1. The van der Waals surface area contributed by atoms with Gasteiger partial charge in [-0.25, -0.2) is 0 Å². The third kappa shape index (κ3) is 5.28. The fourth-order valence-electron chi connectivity index (χ4n) is 3.40. The summed E-state index contributed by atoms with van der Waals surface area (Å²) in [4.78, 5) is 12.5. The quantitative estimate of drug-likeness (QED) is 0.654. The number of hydrogen-bond acceptors (Lipinski definition) is 3. The first-order valence-electron chi connectivity index (χ1n) is 9.94. The summed E-state index contributed by atoms with van der Waals surface area (Å²) in [5.41, 5.74) is 4.45. The number of methoxy groups -OCH3 is 1. The van der Waals surface area contributed by atoms with Gasteiger partial charge in [-0.05, 0) is 66.1 Å². The third-order valence-electron chi connectivity index (χ3n) is 4.98. The standard InChI is InChI=1S/C24H33NO3/c1-15(2)19-10-8-9-11-22(19)28-14-24(26)25-18(6)21-13-20(16(3)4)23(27-7)12-17(21)5/h8-13,15-16,18H,14H2,1-7H3,(H,25,26). The number of ether oxygens (including phenoxy) is 2. The average Bonchev–Trinajstić information content (AvgIpc) is 2.65. The lowest BCUT2D eigenvalue weighted by atomic mass is 9.93. The molecule has 0 heterocycles. The Morgan fingerprint density at radius 1 is 0.929 bits per heavy atom. The molecule has 0 saturated carbocycles. The summed E-state index contributed by atoms with van der Waals surface area (Å²) in [5.74, 6) is 2.21. The Hall–Kier alpha value is -2.49. The van der Waals surface area contributed by atoms with Crippen molar-refractivity contribution in [3.05, 3.63) is 58.7 Å². The van der Waals surface area contributed by atoms with E-state index in [1.54, 1.807) is 7.11 Å². The van der Waals surface area contributed by atoms with Crippen molar-refractivity contribution in [1.82, 2.24) is 5.32 Å². The molecule has 28 heavy (non-hydrogen) atoms. The van der Waals surface area contributed by atoms with Gasteiger partial charge in [0.15, 0.2) is 6.61 Å². The zero-order valence-corrected chi connectivity index (χ0v) is 18.1. The molecule has 0 spiro atoms. The summed E-state index contributed by atoms with van der Waals surface area (Å²) in [7, 11) is 1.69. The number of carbonyl (C=O) groups excluding carboxylic acids is 1. The number of nitrogens with one attached hydrogen (secondary N) is 1. The minimum atomic E-state index is -0.132. The van der Waals surface area contributed by atoms with Crippen LogP contribution in [0.5, 0.6) is 11.5 Å². The number of hydrogen-bond donors (Lipinski definition) is 1. The van der Waals surface area contributed by atoms with Gasteiger partial charge in [0.25, 0.3) is 5.91 Å². The van der Waals surface area contributed by atoms with Gasteiger partial charge in [0.05, 0.1) is 13.2 Å². The average molecular weight is 384 g/mol. The van der Waals surface area contributed by atoms with Gasteiger partial charge in [0.1, 0.15) is 11.5 Å². The molecule has 1 amide bonds. The van der Waals surface area contributed by atoms with E-state index in [1.165, 1.54) is 0 Å². The first-order chi connectivity index (χ1) is 13.2. The topological polar surface area (TPSA) is 47.6 Å². The smallest absolute Gasteiger partial charge is 0.258 e. The molecule has 2 aromatic rings. The van der Waals surface area contributed by atoms with Gasteiger partial charge in [-0.2, -0.15) is 0 Å². The van der Waals surface area contributed by atoms with Crippen LogP contribution in [0.25, 0.3) is 0 Å². The van der Waals surface area contributed by atoms with Gasteiger partial charge in [-0.1, -0.05) is 45.9 Å². The minimum Gasteiger partial charge on any atom is -0.496 e. The van der Waals surface area contributed by atoms with Gasteiger partial charge >= 0.3 is 0 Å². The fraction of sp³-hybridized carbons (Fsp3) is 0.458. The summed E-state index contributed by atoms with van der Waals surface area (Å²) in [5, 5.41) is 3.05. The number of carbonyl (C=O) groups is 1. The Labute approximate surface area is 169 Å². The van der Waals surface area contributed by atoms with Crippen LogP contribution in [0.3, 0.4) is 0 Å². The maximum absolute atomic E-state index is 12.5. The van der Waals surface area contributed by atoms with Crippen molar-refractivity contribution < 1.29 is 14.3 Å². The molecule has 0 fully saturated rings. The van der Waals surface area contributed by atoms with E-state index in [-0.39, 0.29) is 18.6 Å². The monoisotopic (exact) mass is 383 g/mol. The summed E-state index contributed by atoms with van der Waals surface area (Å²) in [6, 6.07) is 11.9. The van der Waals surface area contributed by atoms with E-state index in [9.17, 15) is 4.79 Å². The molecule has 1 N–H and O–H groups in total. The molecule has 0 aliphatic heterocycles. The van der Waals surface area contributed by atoms with Crippen LogP contribution in [0.15, 0.2) is 36.4 Å². The Morgan fingerprint density at radius 2 is 1.57 bits per heavy atom. The molecule has 0 aliphatic rings. The molecule has 152 valence electrons. The summed E-state index contributed by atoms with van der Waals surface area (Å²) in [6.45, 7) is 12.5. The van der Waals surface area contributed by atoms with Crippen molar-refractivity contribution in [2.45, 2.75) is 59.4 Å². The lowest BCUT2D eigenvalue weighted by Crippen LogP contribution is -2.31. The van der Waals surface area contributed by atoms with Crippen LogP contribution in [-0.4, -0.2) is 19.6 Å². The Bertz CT molecular complexity index is 811. The van der Waals surface area contributed by atoms with Crippen molar-refractivity contribution >= 4 is 5.91 Å². The predicted octanol–water partition coefficient (Wildman–Crippen LogP) is 5.51. The number of aryl methyl sites for hydroxylation is 1. The van der Waals surface area contributed by atoms with Crippen LogP contribution in [0.1, 0.15) is 74.8 Å². The second-order valence-electron chi connectivity index (χ2n) is 7.88. The first kappa shape index (κ1) is 21.8. The van der Waals surface area contributed by atoms with Crippen LogP contribution < -0.4 is 14.8 Å². The zero-order valence-electron chi connectivity index (χ0n) is 18.1. The molecular formula is C24H33NO3. The van der Waals surface area contributed by atoms with Crippen molar-refractivity contribution in [1.29, 1.82) is 0 Å². The summed E-state index contributed by atoms with van der Waals surface area (Å²) < 4.78 is 11.3. The molecule has 0 radical (unpaired) electrons. The largest absolute Gasteiger partial charge is 0.496 e. The normalized spacial score (nSPS) is 12.2. The summed E-state index contributed by atoms with van der Waals surface area (Å²) in [6.07, 6.45) is 0. The molecular weight excluding hydrogens is 350 g/mol. The van der Waals surface area contributed by atoms with Crippen LogP contribution in [0.2, 0.25) is 0 Å². The van der Waals surface area contributed by atoms with Gasteiger partial charge in [0, 0.05) is 0 Å². The highest BCUT2D eigenvalue weighted by Crippen LogP contribution is 2.32. The first-order valence-corrected chi connectivity index (χ1v) is 9.94. The number of amides is 1. The van der Waals surface area contributed by atoms with E-state index in [4.69, 9.17) is 9.47 Å². The second kappa shape index (κ2) is 9.63. The predicted molar refractivity (Wildman–Crippen MR) is 114 cm³/mol. The highest BCUT2D eigenvalue weighted by molar-refractivity contribution is 5.78. The van der Waals surface area contributed by atoms with Crippen LogP contribution >= 0.6 is 0 Å². The van der Waals surface area contributed by atoms with Crippen molar-refractivity contribution in [3.8, 4) is 11.5 Å². The minimum absolute atomic E-state index is 0.000311. The highest BCUT2D eigenvalue weighted by atomic mass is 16.5. The van der Waals surface area contributed by atoms with E-state index in [0.717, 1.165) is 33.8 Å². The number of rotatable bonds is 8. The third-order valence-corrected chi connectivity index (χ3v) is 4.98. The van der Waals surface area contributed by atoms with E-state index < -0.39 is 0 Å². The summed E-state index contributed by atoms with van der Waals surface area (Å²) >= 11 is 0. The molecule has 4 heteroatoms. The van der Waals surface area contributed by atoms with E-state index in [2.05, 4.69) is 39.1 Å². The zero-order chi connectivity index (χ0) is 20.8. The molecule has 0 saturated heterocycles. The Kier molecular flexibility index (Phi) is 7.50. The molecule has 1 unspecified atom stereocenters. The maximum atomic E-state index is 12.5. The molecule has 0 aliphatic carbocycles. The lowest BCUT2D eigenvalue weighted by Gasteiger charge is -2.21. The Morgan fingerprint density at radius 3 is 2.18 bits per heavy atom. The SMILES string of the molecule is COc1cc(C)c(C(C)NC(=O)COc2ccccc2C(C)C)cc1C(C)C. The van der Waals surface area contributed by atoms with E-state index in [0.29, 0.717) is 11.8 Å². The number of benzene rings is 2. The van der Waals surface area contributed by atoms with Crippen LogP contribution in [0, 0.1) is 6.92 Å². The Balaban J connectivity index is 2.08.